The lowest BCUT2D eigenvalue weighted by Gasteiger charge is -2.05. The van der Waals surface area contributed by atoms with Crippen molar-refractivity contribution in [3.8, 4) is 0 Å². The third-order valence-electron chi connectivity index (χ3n) is 3.58. The molecule has 0 aliphatic heterocycles. The van der Waals surface area contributed by atoms with Crippen LogP contribution in [0.25, 0.3) is 5.65 Å². The maximum Gasteiger partial charge on any atom is 0.417 e. The molecule has 26 heavy (non-hydrogen) atoms. The van der Waals surface area contributed by atoms with Crippen LogP contribution < -0.4 is 5.32 Å². The van der Waals surface area contributed by atoms with Crippen LogP contribution in [0, 0.1) is 10.1 Å². The molecule has 134 valence electrons. The van der Waals surface area contributed by atoms with Crippen molar-refractivity contribution in [1.82, 2.24) is 14.7 Å². The maximum atomic E-state index is 12.7. The zero-order chi connectivity index (χ0) is 18.9. The second-order valence-corrected chi connectivity index (χ2v) is 5.40. The number of aromatic nitrogens is 2. The minimum absolute atomic E-state index is 0.0371. The Bertz CT molecular complexity index is 998. The molecule has 0 atom stereocenters. The summed E-state index contributed by atoms with van der Waals surface area (Å²) in [6.07, 6.45) is -2.18. The molecule has 1 aromatic carbocycles. The van der Waals surface area contributed by atoms with Gasteiger partial charge in [0.1, 0.15) is 5.65 Å². The van der Waals surface area contributed by atoms with Gasteiger partial charge in [-0.3, -0.25) is 14.9 Å². The van der Waals surface area contributed by atoms with Gasteiger partial charge in [-0.05, 0) is 18.2 Å². The molecule has 0 spiro atoms. The van der Waals surface area contributed by atoms with Crippen LogP contribution >= 0.6 is 0 Å². The highest BCUT2D eigenvalue weighted by Crippen LogP contribution is 2.29. The molecule has 3 rings (SSSR count). The van der Waals surface area contributed by atoms with Gasteiger partial charge in [0.25, 0.3) is 11.6 Å². The third kappa shape index (κ3) is 3.63. The van der Waals surface area contributed by atoms with Gasteiger partial charge in [-0.1, -0.05) is 6.07 Å². The number of nitro groups is 1. The van der Waals surface area contributed by atoms with Crippen LogP contribution in [-0.2, 0) is 12.7 Å². The number of alkyl halides is 3. The number of halogens is 3. The van der Waals surface area contributed by atoms with Crippen molar-refractivity contribution in [2.45, 2.75) is 12.7 Å². The normalized spacial score (nSPS) is 11.5. The van der Waals surface area contributed by atoms with Gasteiger partial charge >= 0.3 is 6.18 Å². The fourth-order valence-electron chi connectivity index (χ4n) is 2.33. The van der Waals surface area contributed by atoms with Crippen molar-refractivity contribution in [3.63, 3.8) is 0 Å². The average Bonchev–Trinajstić information content (AvgIpc) is 3.01. The fraction of sp³-hybridized carbons (Fsp3) is 0.125. The zero-order valence-electron chi connectivity index (χ0n) is 13.0. The first-order valence-electron chi connectivity index (χ1n) is 7.31. The van der Waals surface area contributed by atoms with E-state index < -0.39 is 22.6 Å². The molecule has 0 radical (unpaired) electrons. The summed E-state index contributed by atoms with van der Waals surface area (Å²) in [4.78, 5) is 26.3. The number of benzene rings is 1. The Hall–Kier alpha value is -3.43. The highest BCUT2D eigenvalue weighted by atomic mass is 19.4. The van der Waals surface area contributed by atoms with Gasteiger partial charge in [0, 0.05) is 30.1 Å². The number of nitro benzene ring substituents is 1. The lowest BCUT2D eigenvalue weighted by atomic mass is 10.2. The van der Waals surface area contributed by atoms with Gasteiger partial charge in [-0.2, -0.15) is 13.2 Å². The van der Waals surface area contributed by atoms with Crippen molar-refractivity contribution in [1.29, 1.82) is 0 Å². The van der Waals surface area contributed by atoms with Crippen LogP contribution in [0.15, 0.2) is 48.8 Å². The molecule has 2 aromatic heterocycles. The van der Waals surface area contributed by atoms with Gasteiger partial charge < -0.3 is 9.72 Å². The topological polar surface area (TPSA) is 89.5 Å². The van der Waals surface area contributed by atoms with Crippen LogP contribution in [0.1, 0.15) is 21.6 Å². The Kier molecular flexibility index (Phi) is 4.33. The van der Waals surface area contributed by atoms with Crippen LogP contribution in [0.2, 0.25) is 0 Å². The molecule has 1 amide bonds. The Morgan fingerprint density at radius 3 is 2.69 bits per heavy atom. The summed E-state index contributed by atoms with van der Waals surface area (Å²) in [7, 11) is 0. The number of hydrogen-bond acceptors (Lipinski definition) is 4. The van der Waals surface area contributed by atoms with E-state index in [0.717, 1.165) is 18.3 Å². The first kappa shape index (κ1) is 17.4. The smallest absolute Gasteiger partial charge is 0.346 e. The molecular weight excluding hydrogens is 353 g/mol. The van der Waals surface area contributed by atoms with E-state index in [1.165, 1.54) is 34.9 Å². The lowest BCUT2D eigenvalue weighted by Crippen LogP contribution is -2.23. The summed E-state index contributed by atoms with van der Waals surface area (Å²) in [5.41, 5.74) is -0.275. The van der Waals surface area contributed by atoms with E-state index in [4.69, 9.17) is 0 Å². The summed E-state index contributed by atoms with van der Waals surface area (Å²) in [5, 5.41) is 13.3. The molecule has 0 aliphatic carbocycles. The highest BCUT2D eigenvalue weighted by Gasteiger charge is 2.30. The molecule has 0 aliphatic rings. The zero-order valence-corrected chi connectivity index (χ0v) is 13.0. The largest absolute Gasteiger partial charge is 0.417 e. The molecule has 2 heterocycles. The number of fused-ring (bicyclic) bond motifs is 1. The number of carbonyl (C=O) groups excluding carboxylic acids is 1. The Morgan fingerprint density at radius 1 is 1.23 bits per heavy atom. The number of imidazole rings is 1. The minimum Gasteiger partial charge on any atom is -0.346 e. The number of amides is 1. The molecule has 10 heteroatoms. The number of pyridine rings is 1. The van der Waals surface area contributed by atoms with Gasteiger partial charge in [0.05, 0.1) is 22.7 Å². The van der Waals surface area contributed by atoms with Crippen LogP contribution in [0.3, 0.4) is 0 Å². The molecule has 3 aromatic rings. The van der Waals surface area contributed by atoms with Gasteiger partial charge in [-0.15, -0.1) is 0 Å². The number of non-ortho nitro benzene ring substituents is 1. The summed E-state index contributed by atoms with van der Waals surface area (Å²) in [5.74, 6) is -0.554. The summed E-state index contributed by atoms with van der Waals surface area (Å²) in [6, 6.07) is 7.35. The van der Waals surface area contributed by atoms with E-state index in [0.29, 0.717) is 11.3 Å². The van der Waals surface area contributed by atoms with Crippen molar-refractivity contribution in [3.05, 3.63) is 75.7 Å². The van der Waals surface area contributed by atoms with Gasteiger partial charge in [0.15, 0.2) is 0 Å². The van der Waals surface area contributed by atoms with Crippen molar-refractivity contribution < 1.29 is 22.9 Å². The predicted molar refractivity (Wildman–Crippen MR) is 84.5 cm³/mol. The average molecular weight is 364 g/mol. The summed E-state index contributed by atoms with van der Waals surface area (Å²) >= 11 is 0. The Morgan fingerprint density at radius 2 is 2.00 bits per heavy atom. The van der Waals surface area contributed by atoms with E-state index in [1.54, 1.807) is 0 Å². The van der Waals surface area contributed by atoms with E-state index in [9.17, 15) is 28.1 Å². The fourth-order valence-corrected chi connectivity index (χ4v) is 2.33. The molecule has 7 nitrogen and oxygen atoms in total. The SMILES string of the molecule is O=C(NCc1cn2cc(C(F)(F)F)ccc2n1)c1cccc([N+](=O)[O-])c1. The van der Waals surface area contributed by atoms with Gasteiger partial charge in [0.2, 0.25) is 0 Å². The third-order valence-corrected chi connectivity index (χ3v) is 3.58. The molecule has 0 saturated heterocycles. The first-order valence-corrected chi connectivity index (χ1v) is 7.31. The van der Waals surface area contributed by atoms with Gasteiger partial charge in [-0.25, -0.2) is 4.98 Å². The molecule has 1 N–H and O–H groups in total. The molecule has 0 fully saturated rings. The summed E-state index contributed by atoms with van der Waals surface area (Å²) < 4.78 is 39.4. The predicted octanol–water partition coefficient (Wildman–Crippen LogP) is 3.19. The van der Waals surface area contributed by atoms with Crippen molar-refractivity contribution >= 4 is 17.2 Å². The lowest BCUT2D eigenvalue weighted by molar-refractivity contribution is -0.384. The first-order chi connectivity index (χ1) is 12.2. The van der Waals surface area contributed by atoms with E-state index in [-0.39, 0.29) is 17.8 Å². The molecular formula is C16H11F3N4O3. The number of carbonyl (C=O) groups is 1. The monoisotopic (exact) mass is 364 g/mol. The molecule has 0 bridgehead atoms. The van der Waals surface area contributed by atoms with E-state index in [2.05, 4.69) is 10.3 Å². The number of hydrogen-bond donors (Lipinski definition) is 1. The number of nitrogens with zero attached hydrogens (tertiary/aromatic N) is 3. The quantitative estimate of drug-likeness (QED) is 0.569. The standard InChI is InChI=1S/C16H11F3N4O3/c17-16(18,19)11-4-5-14-21-12(9-22(14)8-11)7-20-15(24)10-2-1-3-13(6-10)23(25)26/h1-6,8-9H,7H2,(H,20,24). The Labute approximate surface area is 144 Å². The summed E-state index contributed by atoms with van der Waals surface area (Å²) in [6.45, 7) is -0.0371. The van der Waals surface area contributed by atoms with Crippen LogP contribution in [0.5, 0.6) is 0 Å². The molecule has 0 unspecified atom stereocenters. The van der Waals surface area contributed by atoms with Crippen molar-refractivity contribution in [2.75, 3.05) is 0 Å². The second-order valence-electron chi connectivity index (χ2n) is 5.40. The highest BCUT2D eigenvalue weighted by molar-refractivity contribution is 5.94. The van der Waals surface area contributed by atoms with E-state index in [1.807, 2.05) is 0 Å². The second kappa shape index (κ2) is 6.47. The number of nitrogens with one attached hydrogen (secondary N) is 1. The van der Waals surface area contributed by atoms with Crippen LogP contribution in [0.4, 0.5) is 18.9 Å². The van der Waals surface area contributed by atoms with Crippen molar-refractivity contribution in [2.24, 2.45) is 0 Å². The van der Waals surface area contributed by atoms with E-state index >= 15 is 0 Å². The van der Waals surface area contributed by atoms with Crippen LogP contribution in [-0.4, -0.2) is 20.2 Å². The Balaban J connectivity index is 1.74. The maximum absolute atomic E-state index is 12.7. The minimum atomic E-state index is -4.46. The molecule has 0 saturated carbocycles. The number of rotatable bonds is 4.